The van der Waals surface area contributed by atoms with Gasteiger partial charge in [0.1, 0.15) is 6.04 Å². The van der Waals surface area contributed by atoms with E-state index in [2.05, 4.69) is 10.6 Å². The Morgan fingerprint density at radius 3 is 2.45 bits per heavy atom. The summed E-state index contributed by atoms with van der Waals surface area (Å²) in [5, 5.41) is 23.0. The highest BCUT2D eigenvalue weighted by Crippen LogP contribution is 2.15. The van der Waals surface area contributed by atoms with Crippen LogP contribution in [0.25, 0.3) is 0 Å². The number of carbonyl (C=O) groups excluding carboxylic acids is 1. The van der Waals surface area contributed by atoms with Crippen molar-refractivity contribution in [3.05, 3.63) is 29.8 Å². The number of carboxylic acid groups (broad SMARTS) is 2. The molecule has 0 heterocycles. The molecule has 1 atom stereocenters. The molecule has 1 rings (SSSR count). The van der Waals surface area contributed by atoms with E-state index in [0.717, 1.165) is 0 Å². The van der Waals surface area contributed by atoms with Crippen molar-refractivity contribution < 1.29 is 24.6 Å². The smallest absolute Gasteiger partial charge is 0.326 e. The Bertz CT molecular complexity index is 550. The Kier molecular flexibility index (Phi) is 7.18. The Hall–Kier alpha value is -2.28. The monoisotopic (exact) mass is 328 g/mol. The minimum absolute atomic E-state index is 0.187. The van der Waals surface area contributed by atoms with Crippen LogP contribution in [-0.2, 0) is 9.59 Å². The molecule has 0 aromatic heterocycles. The lowest BCUT2D eigenvalue weighted by Crippen LogP contribution is -2.41. The van der Waals surface area contributed by atoms with Crippen LogP contribution in [0, 0.1) is 0 Å². The third-order valence-corrected chi connectivity index (χ3v) is 3.02. The molecule has 1 amide bonds. The highest BCUT2D eigenvalue weighted by Gasteiger charge is 2.22. The van der Waals surface area contributed by atoms with Gasteiger partial charge in [0, 0.05) is 24.5 Å². The van der Waals surface area contributed by atoms with E-state index in [1.54, 1.807) is 24.3 Å². The van der Waals surface area contributed by atoms with Gasteiger partial charge in [0.25, 0.3) is 5.91 Å². The maximum atomic E-state index is 12.2. The minimum Gasteiger partial charge on any atom is -0.481 e. The first-order valence-electron chi connectivity index (χ1n) is 6.60. The molecule has 1 aromatic rings. The van der Waals surface area contributed by atoms with Gasteiger partial charge in [-0.15, -0.1) is 11.6 Å². The molecule has 0 unspecified atom stereocenters. The number of halogens is 1. The van der Waals surface area contributed by atoms with Crippen molar-refractivity contribution in [3.8, 4) is 0 Å². The summed E-state index contributed by atoms with van der Waals surface area (Å²) in [6.45, 7) is 0.452. The third kappa shape index (κ3) is 5.61. The van der Waals surface area contributed by atoms with Crippen molar-refractivity contribution in [2.75, 3.05) is 17.7 Å². The van der Waals surface area contributed by atoms with Crippen LogP contribution in [0.5, 0.6) is 0 Å². The van der Waals surface area contributed by atoms with Crippen molar-refractivity contribution >= 4 is 35.1 Å². The summed E-state index contributed by atoms with van der Waals surface area (Å²) in [5.74, 6) is -2.63. The zero-order chi connectivity index (χ0) is 16.5. The van der Waals surface area contributed by atoms with Crippen LogP contribution in [0.3, 0.4) is 0 Å². The summed E-state index contributed by atoms with van der Waals surface area (Å²) >= 11 is 5.58. The molecule has 0 bridgehead atoms. The predicted molar refractivity (Wildman–Crippen MR) is 81.4 cm³/mol. The molecule has 22 heavy (non-hydrogen) atoms. The van der Waals surface area contributed by atoms with Gasteiger partial charge in [-0.25, -0.2) is 4.79 Å². The number of amides is 1. The van der Waals surface area contributed by atoms with Gasteiger partial charge in [0.2, 0.25) is 0 Å². The molecule has 0 radical (unpaired) electrons. The van der Waals surface area contributed by atoms with Crippen LogP contribution in [0.2, 0.25) is 0 Å². The van der Waals surface area contributed by atoms with Gasteiger partial charge in [-0.1, -0.05) is 12.1 Å². The molecule has 0 aliphatic heterocycles. The number of para-hydroxylation sites is 1. The molecular formula is C14H17ClN2O5. The van der Waals surface area contributed by atoms with E-state index < -0.39 is 23.9 Å². The van der Waals surface area contributed by atoms with Crippen LogP contribution < -0.4 is 10.6 Å². The molecule has 0 aliphatic rings. The fourth-order valence-electron chi connectivity index (χ4n) is 1.78. The van der Waals surface area contributed by atoms with Gasteiger partial charge in [0.05, 0.1) is 5.56 Å². The van der Waals surface area contributed by atoms with Crippen molar-refractivity contribution in [1.29, 1.82) is 0 Å². The van der Waals surface area contributed by atoms with Gasteiger partial charge in [-0.2, -0.15) is 0 Å². The summed E-state index contributed by atoms with van der Waals surface area (Å²) in [6.07, 6.45) is -0.531. The fraction of sp³-hybridized carbons (Fsp3) is 0.357. The van der Waals surface area contributed by atoms with Crippen LogP contribution in [0.4, 0.5) is 5.69 Å². The lowest BCUT2D eigenvalue weighted by atomic mass is 10.1. The molecule has 0 fully saturated rings. The zero-order valence-corrected chi connectivity index (χ0v) is 12.5. The number of carbonyl (C=O) groups is 3. The van der Waals surface area contributed by atoms with Crippen molar-refractivity contribution in [2.45, 2.75) is 18.9 Å². The predicted octanol–water partition coefficient (Wildman–Crippen LogP) is 1.39. The molecule has 4 N–H and O–H groups in total. The number of hydrogen-bond acceptors (Lipinski definition) is 4. The summed E-state index contributed by atoms with van der Waals surface area (Å²) in [6, 6.07) is 5.33. The topological polar surface area (TPSA) is 116 Å². The number of benzene rings is 1. The zero-order valence-electron chi connectivity index (χ0n) is 11.7. The Morgan fingerprint density at radius 2 is 1.86 bits per heavy atom. The Labute approximate surface area is 132 Å². The van der Waals surface area contributed by atoms with Crippen molar-refractivity contribution in [2.24, 2.45) is 0 Å². The van der Waals surface area contributed by atoms with Crippen LogP contribution in [0.1, 0.15) is 23.2 Å². The number of alkyl halides is 1. The number of nitrogens with one attached hydrogen (secondary N) is 2. The van der Waals surface area contributed by atoms with Gasteiger partial charge in [-0.05, 0) is 18.6 Å². The van der Waals surface area contributed by atoms with E-state index in [9.17, 15) is 14.4 Å². The molecular weight excluding hydrogens is 312 g/mol. The third-order valence-electron chi connectivity index (χ3n) is 2.83. The van der Waals surface area contributed by atoms with Crippen LogP contribution >= 0.6 is 11.6 Å². The minimum atomic E-state index is -1.28. The SMILES string of the molecule is O=C(O)CC[C@H](NC(=O)c1ccccc1NCCCl)C(=O)O. The van der Waals surface area contributed by atoms with Crippen molar-refractivity contribution in [3.63, 3.8) is 0 Å². The quantitative estimate of drug-likeness (QED) is 0.509. The molecule has 0 aliphatic carbocycles. The number of aliphatic carboxylic acids is 2. The number of hydrogen-bond donors (Lipinski definition) is 4. The second-order valence-electron chi connectivity index (χ2n) is 4.46. The average Bonchev–Trinajstić information content (AvgIpc) is 2.48. The maximum Gasteiger partial charge on any atom is 0.326 e. The van der Waals surface area contributed by atoms with Crippen LogP contribution in [-0.4, -0.2) is 46.5 Å². The van der Waals surface area contributed by atoms with Gasteiger partial charge in [-0.3, -0.25) is 9.59 Å². The van der Waals surface area contributed by atoms with Gasteiger partial charge < -0.3 is 20.8 Å². The van der Waals surface area contributed by atoms with E-state index >= 15 is 0 Å². The van der Waals surface area contributed by atoms with Gasteiger partial charge in [0.15, 0.2) is 0 Å². The first-order chi connectivity index (χ1) is 10.5. The molecule has 0 saturated carbocycles. The maximum absolute atomic E-state index is 12.2. The normalized spacial score (nSPS) is 11.5. The molecule has 7 nitrogen and oxygen atoms in total. The number of anilines is 1. The lowest BCUT2D eigenvalue weighted by molar-refractivity contribution is -0.140. The first-order valence-corrected chi connectivity index (χ1v) is 7.13. The second-order valence-corrected chi connectivity index (χ2v) is 4.84. The summed E-state index contributed by atoms with van der Waals surface area (Å²) in [5.41, 5.74) is 0.803. The first kappa shape index (κ1) is 17.8. The Morgan fingerprint density at radius 1 is 1.18 bits per heavy atom. The average molecular weight is 329 g/mol. The van der Waals surface area contributed by atoms with E-state index in [0.29, 0.717) is 18.1 Å². The van der Waals surface area contributed by atoms with Gasteiger partial charge >= 0.3 is 11.9 Å². The van der Waals surface area contributed by atoms with E-state index in [1.165, 1.54) is 0 Å². The Balaban J connectivity index is 2.81. The molecule has 8 heteroatoms. The summed E-state index contributed by atoms with van der Waals surface area (Å²) in [7, 11) is 0. The van der Waals surface area contributed by atoms with E-state index in [4.69, 9.17) is 21.8 Å². The fourth-order valence-corrected chi connectivity index (χ4v) is 1.87. The number of carboxylic acids is 2. The second kappa shape index (κ2) is 8.89. The largest absolute Gasteiger partial charge is 0.481 e. The highest BCUT2D eigenvalue weighted by atomic mass is 35.5. The molecule has 1 aromatic carbocycles. The number of rotatable bonds is 9. The molecule has 0 spiro atoms. The highest BCUT2D eigenvalue weighted by molar-refractivity contribution is 6.18. The molecule has 0 saturated heterocycles. The summed E-state index contributed by atoms with van der Waals surface area (Å²) < 4.78 is 0. The summed E-state index contributed by atoms with van der Waals surface area (Å²) in [4.78, 5) is 33.8. The van der Waals surface area contributed by atoms with Crippen molar-refractivity contribution in [1.82, 2.24) is 5.32 Å². The van der Waals surface area contributed by atoms with E-state index in [1.807, 2.05) is 0 Å². The lowest BCUT2D eigenvalue weighted by Gasteiger charge is -2.16. The molecule has 120 valence electrons. The standard InChI is InChI=1S/C14H17ClN2O5/c15-7-8-16-10-4-2-1-3-9(10)13(20)17-11(14(21)22)5-6-12(18)19/h1-4,11,16H,5-8H2,(H,17,20)(H,18,19)(H,21,22)/t11-/m0/s1. The van der Waals surface area contributed by atoms with Crippen LogP contribution in [0.15, 0.2) is 24.3 Å². The van der Waals surface area contributed by atoms with E-state index in [-0.39, 0.29) is 18.4 Å².